The highest BCUT2D eigenvalue weighted by molar-refractivity contribution is 7.99. The maximum absolute atomic E-state index is 12.1. The molecule has 2 aromatic carbocycles. The van der Waals surface area contributed by atoms with Crippen molar-refractivity contribution in [1.82, 2.24) is 0 Å². The first-order valence-corrected chi connectivity index (χ1v) is 7.52. The molecule has 0 saturated heterocycles. The van der Waals surface area contributed by atoms with E-state index in [4.69, 9.17) is 14.7 Å². The zero-order valence-electron chi connectivity index (χ0n) is 12.3. The van der Waals surface area contributed by atoms with Crippen LogP contribution in [0.2, 0.25) is 0 Å². The highest BCUT2D eigenvalue weighted by Gasteiger charge is 2.14. The van der Waals surface area contributed by atoms with Crippen LogP contribution in [0.4, 0.5) is 0 Å². The van der Waals surface area contributed by atoms with E-state index in [9.17, 15) is 4.79 Å². The zero-order valence-corrected chi connectivity index (χ0v) is 13.1. The van der Waals surface area contributed by atoms with E-state index in [1.807, 2.05) is 30.3 Å². The van der Waals surface area contributed by atoms with Gasteiger partial charge < -0.3 is 9.47 Å². The van der Waals surface area contributed by atoms with Gasteiger partial charge in [-0.1, -0.05) is 11.8 Å². The summed E-state index contributed by atoms with van der Waals surface area (Å²) in [4.78, 5) is 13.8. The number of carbonyl (C=O) groups is 1. The molecule has 0 fully saturated rings. The Morgan fingerprint density at radius 1 is 1.23 bits per heavy atom. The summed E-state index contributed by atoms with van der Waals surface area (Å²) in [5.41, 5.74) is 0.837. The summed E-state index contributed by atoms with van der Waals surface area (Å²) in [6, 6.07) is 14.6. The predicted octanol–water partition coefficient (Wildman–Crippen LogP) is 3.89. The van der Waals surface area contributed by atoms with Gasteiger partial charge in [-0.25, -0.2) is 4.79 Å². The second-order valence-corrected chi connectivity index (χ2v) is 5.44. The number of benzene rings is 2. The quantitative estimate of drug-likeness (QED) is 0.784. The molecule has 0 aliphatic rings. The molecule has 0 bridgehead atoms. The van der Waals surface area contributed by atoms with E-state index in [1.165, 1.54) is 11.8 Å². The molecule has 0 spiro atoms. The molecule has 0 aliphatic heterocycles. The Morgan fingerprint density at radius 2 is 1.95 bits per heavy atom. The molecule has 2 rings (SSSR count). The van der Waals surface area contributed by atoms with Crippen LogP contribution in [0.5, 0.6) is 5.75 Å². The van der Waals surface area contributed by atoms with Crippen LogP contribution >= 0.6 is 11.8 Å². The summed E-state index contributed by atoms with van der Waals surface area (Å²) in [5, 5.41) is 8.99. The standard InChI is InChI=1S/C17H15NO3S/c1-3-21-17(19)15-10-12(11-18)4-9-16(15)22-14-7-5-13(20-2)6-8-14/h4-10H,3H2,1-2H3. The molecule has 0 aliphatic carbocycles. The van der Waals surface area contributed by atoms with Crippen molar-refractivity contribution >= 4 is 17.7 Å². The Balaban J connectivity index is 2.32. The highest BCUT2D eigenvalue weighted by atomic mass is 32.2. The van der Waals surface area contributed by atoms with Gasteiger partial charge in [0.25, 0.3) is 0 Å². The van der Waals surface area contributed by atoms with Crippen LogP contribution in [-0.4, -0.2) is 19.7 Å². The SMILES string of the molecule is CCOC(=O)c1cc(C#N)ccc1Sc1ccc(OC)cc1. The smallest absolute Gasteiger partial charge is 0.339 e. The molecule has 0 unspecified atom stereocenters. The average molecular weight is 313 g/mol. The van der Waals surface area contributed by atoms with Gasteiger partial charge in [-0.15, -0.1) is 0 Å². The second kappa shape index (κ2) is 7.53. The fourth-order valence-corrected chi connectivity index (χ4v) is 2.74. The summed E-state index contributed by atoms with van der Waals surface area (Å²) in [6.07, 6.45) is 0. The summed E-state index contributed by atoms with van der Waals surface area (Å²) in [7, 11) is 1.61. The molecular formula is C17H15NO3S. The first kappa shape index (κ1) is 15.9. The van der Waals surface area contributed by atoms with Gasteiger partial charge in [-0.3, -0.25) is 0 Å². The third kappa shape index (κ3) is 3.80. The lowest BCUT2D eigenvalue weighted by atomic mass is 10.1. The monoisotopic (exact) mass is 313 g/mol. The van der Waals surface area contributed by atoms with Crippen molar-refractivity contribution in [2.24, 2.45) is 0 Å². The number of methoxy groups -OCH3 is 1. The van der Waals surface area contributed by atoms with E-state index in [2.05, 4.69) is 0 Å². The average Bonchev–Trinajstić information content (AvgIpc) is 2.56. The van der Waals surface area contributed by atoms with Crippen molar-refractivity contribution in [3.63, 3.8) is 0 Å². The first-order valence-electron chi connectivity index (χ1n) is 6.71. The van der Waals surface area contributed by atoms with Gasteiger partial charge in [0.05, 0.1) is 30.9 Å². The number of carbonyl (C=O) groups excluding carboxylic acids is 1. The van der Waals surface area contributed by atoms with Crippen LogP contribution in [0.1, 0.15) is 22.8 Å². The number of hydrogen-bond acceptors (Lipinski definition) is 5. The van der Waals surface area contributed by atoms with E-state index >= 15 is 0 Å². The van der Waals surface area contributed by atoms with Gasteiger partial charge in [0.2, 0.25) is 0 Å². The molecule has 22 heavy (non-hydrogen) atoms. The van der Waals surface area contributed by atoms with Crippen molar-refractivity contribution in [3.8, 4) is 11.8 Å². The maximum atomic E-state index is 12.1. The molecule has 0 heterocycles. The molecule has 0 aromatic heterocycles. The molecule has 0 N–H and O–H groups in total. The van der Waals surface area contributed by atoms with E-state index in [0.29, 0.717) is 17.7 Å². The van der Waals surface area contributed by atoms with Crippen LogP contribution in [0.3, 0.4) is 0 Å². The summed E-state index contributed by atoms with van der Waals surface area (Å²) >= 11 is 1.44. The number of esters is 1. The number of nitrogens with zero attached hydrogens (tertiary/aromatic N) is 1. The molecule has 0 radical (unpaired) electrons. The lowest BCUT2D eigenvalue weighted by Crippen LogP contribution is -2.06. The largest absolute Gasteiger partial charge is 0.497 e. The van der Waals surface area contributed by atoms with Crippen LogP contribution in [-0.2, 0) is 4.74 Å². The predicted molar refractivity (Wildman–Crippen MR) is 84.2 cm³/mol. The highest BCUT2D eigenvalue weighted by Crippen LogP contribution is 2.32. The fourth-order valence-electron chi connectivity index (χ4n) is 1.83. The van der Waals surface area contributed by atoms with Gasteiger partial charge in [-0.2, -0.15) is 5.26 Å². The molecule has 112 valence electrons. The molecular weight excluding hydrogens is 298 g/mol. The Bertz CT molecular complexity index is 705. The van der Waals surface area contributed by atoms with Crippen molar-refractivity contribution in [3.05, 3.63) is 53.6 Å². The summed E-state index contributed by atoms with van der Waals surface area (Å²) in [6.45, 7) is 2.05. The minimum atomic E-state index is -0.421. The first-order chi connectivity index (χ1) is 10.7. The van der Waals surface area contributed by atoms with Gasteiger partial charge in [-0.05, 0) is 49.4 Å². The lowest BCUT2D eigenvalue weighted by Gasteiger charge is -2.09. The Hall–Kier alpha value is -2.45. The third-order valence-electron chi connectivity index (χ3n) is 2.89. The normalized spacial score (nSPS) is 9.86. The molecule has 5 heteroatoms. The van der Waals surface area contributed by atoms with E-state index in [0.717, 1.165) is 15.5 Å². The minimum absolute atomic E-state index is 0.294. The molecule has 2 aromatic rings. The minimum Gasteiger partial charge on any atom is -0.497 e. The van der Waals surface area contributed by atoms with E-state index in [-0.39, 0.29) is 0 Å². The van der Waals surface area contributed by atoms with Crippen molar-refractivity contribution < 1.29 is 14.3 Å². The van der Waals surface area contributed by atoms with Gasteiger partial charge in [0.15, 0.2) is 0 Å². The molecule has 0 saturated carbocycles. The third-order valence-corrected chi connectivity index (χ3v) is 3.98. The number of rotatable bonds is 5. The molecule has 4 nitrogen and oxygen atoms in total. The van der Waals surface area contributed by atoms with Gasteiger partial charge in [0.1, 0.15) is 5.75 Å². The second-order valence-electron chi connectivity index (χ2n) is 4.32. The van der Waals surface area contributed by atoms with Crippen LogP contribution < -0.4 is 4.74 Å². The van der Waals surface area contributed by atoms with Crippen molar-refractivity contribution in [2.75, 3.05) is 13.7 Å². The Labute approximate surface area is 133 Å². The van der Waals surface area contributed by atoms with E-state index < -0.39 is 5.97 Å². The number of ether oxygens (including phenoxy) is 2. The van der Waals surface area contributed by atoms with Crippen LogP contribution in [0.25, 0.3) is 0 Å². The number of hydrogen-bond donors (Lipinski definition) is 0. The van der Waals surface area contributed by atoms with Crippen molar-refractivity contribution in [2.45, 2.75) is 16.7 Å². The fraction of sp³-hybridized carbons (Fsp3) is 0.176. The maximum Gasteiger partial charge on any atom is 0.339 e. The lowest BCUT2D eigenvalue weighted by molar-refractivity contribution is 0.0522. The van der Waals surface area contributed by atoms with Crippen LogP contribution in [0.15, 0.2) is 52.3 Å². The summed E-state index contributed by atoms with van der Waals surface area (Å²) < 4.78 is 10.2. The summed E-state index contributed by atoms with van der Waals surface area (Å²) in [5.74, 6) is 0.352. The Kier molecular flexibility index (Phi) is 5.45. The topological polar surface area (TPSA) is 59.3 Å². The number of nitriles is 1. The Morgan fingerprint density at radius 3 is 2.55 bits per heavy atom. The van der Waals surface area contributed by atoms with Crippen molar-refractivity contribution in [1.29, 1.82) is 5.26 Å². The van der Waals surface area contributed by atoms with Crippen LogP contribution in [0, 0.1) is 11.3 Å². The molecule has 0 atom stereocenters. The van der Waals surface area contributed by atoms with Gasteiger partial charge in [0, 0.05) is 9.79 Å². The van der Waals surface area contributed by atoms with Gasteiger partial charge >= 0.3 is 5.97 Å². The zero-order chi connectivity index (χ0) is 15.9. The van der Waals surface area contributed by atoms with E-state index in [1.54, 1.807) is 32.2 Å². The molecule has 0 amide bonds.